The Labute approximate surface area is 134 Å². The van der Waals surface area contributed by atoms with Gasteiger partial charge in [0.2, 0.25) is 0 Å². The lowest BCUT2D eigenvalue weighted by atomic mass is 10.2. The normalized spacial score (nSPS) is 21.1. The van der Waals surface area contributed by atoms with E-state index in [0.29, 0.717) is 37.9 Å². The Balaban J connectivity index is 1.56. The van der Waals surface area contributed by atoms with E-state index < -0.39 is 0 Å². The summed E-state index contributed by atoms with van der Waals surface area (Å²) < 4.78 is 13.0. The van der Waals surface area contributed by atoms with Crippen LogP contribution >= 0.6 is 0 Å². The number of hydrogen-bond donors (Lipinski definition) is 0. The molecule has 23 heavy (non-hydrogen) atoms. The second-order valence-corrected chi connectivity index (χ2v) is 6.16. The van der Waals surface area contributed by atoms with Crippen molar-refractivity contribution in [2.45, 2.75) is 44.9 Å². The van der Waals surface area contributed by atoms with E-state index in [2.05, 4.69) is 10.3 Å². The van der Waals surface area contributed by atoms with Crippen LogP contribution in [0, 0.1) is 0 Å². The van der Waals surface area contributed by atoms with E-state index in [1.165, 1.54) is 0 Å². The molecule has 0 saturated heterocycles. The summed E-state index contributed by atoms with van der Waals surface area (Å²) in [6.07, 6.45) is 3.93. The van der Waals surface area contributed by atoms with Crippen molar-refractivity contribution < 1.29 is 14.1 Å². The zero-order chi connectivity index (χ0) is 15.8. The fraction of sp³-hybridized carbons (Fsp3) is 0.562. The van der Waals surface area contributed by atoms with Crippen LogP contribution in [0.1, 0.15) is 47.6 Å². The van der Waals surface area contributed by atoms with Crippen molar-refractivity contribution in [2.75, 3.05) is 13.2 Å². The van der Waals surface area contributed by atoms with Crippen molar-refractivity contribution in [1.29, 1.82) is 0 Å². The highest BCUT2D eigenvalue weighted by atomic mass is 16.5. The zero-order valence-electron chi connectivity index (χ0n) is 13.1. The number of fused-ring (bicyclic) bond motifs is 1. The number of amides is 1. The molecule has 122 valence electrons. The lowest BCUT2D eigenvalue weighted by Gasteiger charge is -2.23. The van der Waals surface area contributed by atoms with Crippen molar-refractivity contribution >= 4 is 5.91 Å². The Morgan fingerprint density at radius 3 is 3.09 bits per heavy atom. The van der Waals surface area contributed by atoms with Crippen LogP contribution in [0.2, 0.25) is 0 Å². The maximum absolute atomic E-state index is 12.8. The van der Waals surface area contributed by atoms with Gasteiger partial charge in [-0.2, -0.15) is 5.10 Å². The van der Waals surface area contributed by atoms with Crippen LogP contribution in [0.3, 0.4) is 0 Å². The summed E-state index contributed by atoms with van der Waals surface area (Å²) >= 11 is 0. The molecule has 1 aliphatic heterocycles. The number of carbonyl (C=O) groups excluding carboxylic acids is 1. The highest BCUT2D eigenvalue weighted by molar-refractivity contribution is 5.92. The SMILES string of the molecule is CCOC1CN(C(=O)c2cc(C3CC3)on2)Cc2ccnn2C1. The molecule has 3 heterocycles. The summed E-state index contributed by atoms with van der Waals surface area (Å²) in [4.78, 5) is 14.6. The molecule has 4 rings (SSSR count). The molecule has 1 saturated carbocycles. The van der Waals surface area contributed by atoms with Crippen molar-refractivity contribution in [1.82, 2.24) is 19.8 Å². The predicted octanol–water partition coefficient (Wildman–Crippen LogP) is 1.81. The van der Waals surface area contributed by atoms with E-state index in [-0.39, 0.29) is 12.0 Å². The number of hydrogen-bond acceptors (Lipinski definition) is 5. The van der Waals surface area contributed by atoms with E-state index in [0.717, 1.165) is 24.3 Å². The maximum atomic E-state index is 12.8. The monoisotopic (exact) mass is 316 g/mol. The second-order valence-electron chi connectivity index (χ2n) is 6.16. The van der Waals surface area contributed by atoms with Crippen LogP contribution in [0.15, 0.2) is 22.9 Å². The third-order valence-electron chi connectivity index (χ3n) is 4.37. The van der Waals surface area contributed by atoms with Crippen molar-refractivity contribution in [3.8, 4) is 0 Å². The van der Waals surface area contributed by atoms with Gasteiger partial charge in [-0.25, -0.2) is 0 Å². The molecule has 2 aliphatic rings. The molecule has 0 bridgehead atoms. The minimum absolute atomic E-state index is 0.0695. The molecule has 0 N–H and O–H groups in total. The Bertz CT molecular complexity index is 704. The molecule has 7 nitrogen and oxygen atoms in total. The Morgan fingerprint density at radius 2 is 2.30 bits per heavy atom. The van der Waals surface area contributed by atoms with E-state index in [9.17, 15) is 4.79 Å². The first-order valence-electron chi connectivity index (χ1n) is 8.12. The second kappa shape index (κ2) is 5.81. The molecule has 1 amide bonds. The van der Waals surface area contributed by atoms with Gasteiger partial charge in [-0.3, -0.25) is 9.48 Å². The number of rotatable bonds is 4. The van der Waals surface area contributed by atoms with Crippen LogP contribution in [0.5, 0.6) is 0 Å². The van der Waals surface area contributed by atoms with E-state index in [1.54, 1.807) is 17.2 Å². The average Bonchev–Trinajstić information content (AvgIpc) is 3.17. The van der Waals surface area contributed by atoms with Crippen LogP contribution in [0.25, 0.3) is 0 Å². The first-order chi connectivity index (χ1) is 11.2. The van der Waals surface area contributed by atoms with Gasteiger partial charge in [0.15, 0.2) is 5.69 Å². The summed E-state index contributed by atoms with van der Waals surface area (Å²) in [5, 5.41) is 8.28. The Kier molecular flexibility index (Phi) is 3.65. The standard InChI is InChI=1S/C16H20N4O3/c1-2-22-13-9-19(8-12-5-6-17-20(12)10-13)16(21)14-7-15(23-18-14)11-3-4-11/h5-7,11,13H,2-4,8-10H2,1H3. The summed E-state index contributed by atoms with van der Waals surface area (Å²) in [6, 6.07) is 3.73. The van der Waals surface area contributed by atoms with Gasteiger partial charge in [-0.15, -0.1) is 0 Å². The van der Waals surface area contributed by atoms with Crippen LogP contribution < -0.4 is 0 Å². The van der Waals surface area contributed by atoms with Gasteiger partial charge in [-0.05, 0) is 25.8 Å². The molecule has 2 aromatic heterocycles. The fourth-order valence-electron chi connectivity index (χ4n) is 3.02. The molecule has 1 unspecified atom stereocenters. The molecular weight excluding hydrogens is 296 g/mol. The van der Waals surface area contributed by atoms with Crippen molar-refractivity contribution in [3.63, 3.8) is 0 Å². The van der Waals surface area contributed by atoms with Gasteiger partial charge in [0, 0.05) is 31.3 Å². The number of nitrogens with zero attached hydrogens (tertiary/aromatic N) is 4. The van der Waals surface area contributed by atoms with Crippen molar-refractivity contribution in [3.05, 3.63) is 35.5 Å². The minimum Gasteiger partial charge on any atom is -0.375 e. The quantitative estimate of drug-likeness (QED) is 0.860. The minimum atomic E-state index is -0.111. The van der Waals surface area contributed by atoms with E-state index in [4.69, 9.17) is 9.26 Å². The van der Waals surface area contributed by atoms with Crippen LogP contribution in [0.4, 0.5) is 0 Å². The molecule has 0 spiro atoms. The van der Waals surface area contributed by atoms with Gasteiger partial charge >= 0.3 is 0 Å². The molecule has 7 heteroatoms. The predicted molar refractivity (Wildman–Crippen MR) is 80.9 cm³/mol. The summed E-state index contributed by atoms with van der Waals surface area (Å²) in [5.74, 6) is 1.17. The molecule has 1 atom stereocenters. The lowest BCUT2D eigenvalue weighted by molar-refractivity contribution is 0.0242. The third-order valence-corrected chi connectivity index (χ3v) is 4.37. The molecule has 1 aliphatic carbocycles. The molecule has 0 radical (unpaired) electrons. The van der Waals surface area contributed by atoms with Gasteiger partial charge in [0.25, 0.3) is 5.91 Å². The van der Waals surface area contributed by atoms with Gasteiger partial charge < -0.3 is 14.2 Å². The third kappa shape index (κ3) is 2.88. The molecular formula is C16H20N4O3. The van der Waals surface area contributed by atoms with E-state index >= 15 is 0 Å². The largest absolute Gasteiger partial charge is 0.375 e. The summed E-state index contributed by atoms with van der Waals surface area (Å²) in [7, 11) is 0. The molecule has 0 aromatic carbocycles. The van der Waals surface area contributed by atoms with Crippen molar-refractivity contribution in [2.24, 2.45) is 0 Å². The van der Waals surface area contributed by atoms with E-state index in [1.807, 2.05) is 17.7 Å². The Hall–Kier alpha value is -2.15. The van der Waals surface area contributed by atoms with Gasteiger partial charge in [-0.1, -0.05) is 5.16 Å². The fourth-order valence-corrected chi connectivity index (χ4v) is 3.02. The highest BCUT2D eigenvalue weighted by Crippen LogP contribution is 2.40. The summed E-state index contributed by atoms with van der Waals surface area (Å²) in [5.41, 5.74) is 1.39. The molecule has 1 fully saturated rings. The smallest absolute Gasteiger partial charge is 0.276 e. The van der Waals surface area contributed by atoms with Gasteiger partial charge in [0.1, 0.15) is 5.76 Å². The topological polar surface area (TPSA) is 73.4 Å². The maximum Gasteiger partial charge on any atom is 0.276 e. The van der Waals surface area contributed by atoms with Crippen LogP contribution in [-0.4, -0.2) is 45.0 Å². The van der Waals surface area contributed by atoms with Gasteiger partial charge in [0.05, 0.1) is 24.9 Å². The first-order valence-corrected chi connectivity index (χ1v) is 8.12. The lowest BCUT2D eigenvalue weighted by Crippen LogP contribution is -2.37. The summed E-state index contributed by atoms with van der Waals surface area (Å²) in [6.45, 7) is 4.27. The zero-order valence-corrected chi connectivity index (χ0v) is 13.1. The first kappa shape index (κ1) is 14.4. The Morgan fingerprint density at radius 1 is 1.43 bits per heavy atom. The number of carbonyl (C=O) groups is 1. The number of aromatic nitrogens is 3. The average molecular weight is 316 g/mol. The van der Waals surface area contributed by atoms with Crippen LogP contribution in [-0.2, 0) is 17.8 Å². The molecule has 2 aromatic rings. The highest BCUT2D eigenvalue weighted by Gasteiger charge is 2.31. The number of ether oxygens (including phenoxy) is 1.